The molecule has 0 radical (unpaired) electrons. The van der Waals surface area contributed by atoms with Crippen molar-refractivity contribution in [2.75, 3.05) is 21.3 Å². The van der Waals surface area contributed by atoms with Crippen LogP contribution in [0, 0.1) is 123 Å². The van der Waals surface area contributed by atoms with Crippen molar-refractivity contribution in [3.05, 3.63) is 299 Å². The molecule has 26 heteroatoms. The molecule has 0 unspecified atom stereocenters. The predicted octanol–water partition coefficient (Wildman–Crippen LogP) is 19.7. The molecule has 4 aromatic heterocycles. The highest BCUT2D eigenvalue weighted by atomic mass is 79.9. The summed E-state index contributed by atoms with van der Waals surface area (Å²) in [5.74, 6) is 5.11. The molecule has 4 heterocycles. The average molecular weight is 1540 g/mol. The summed E-state index contributed by atoms with van der Waals surface area (Å²) in [6.45, 7) is 15.1. The molecular formula is C84H66BrClN18O6. The molecule has 0 atom stereocenters. The molecule has 0 spiro atoms. The number of carbonyl (C=O) groups excluding carboxylic acids is 2. The molecular weight excluding hydrogens is 1470 g/mol. The molecule has 12 rings (SSSR count). The van der Waals surface area contributed by atoms with E-state index in [1.54, 1.807) is 190 Å². The van der Waals surface area contributed by atoms with Gasteiger partial charge in [0.15, 0.2) is 0 Å². The van der Waals surface area contributed by atoms with E-state index >= 15 is 0 Å². The Kier molecular flexibility index (Phi) is 29.6. The van der Waals surface area contributed by atoms with Crippen LogP contribution in [0.25, 0.3) is 12.2 Å². The number of aldehydes is 2. The number of benzene rings is 8. The summed E-state index contributed by atoms with van der Waals surface area (Å²) < 4.78 is 18.6. The summed E-state index contributed by atoms with van der Waals surface area (Å²) in [4.78, 5) is 55.1. The number of halogens is 2. The van der Waals surface area contributed by atoms with Gasteiger partial charge in [0.2, 0.25) is 41.4 Å². The van der Waals surface area contributed by atoms with Crippen molar-refractivity contribution in [2.45, 2.75) is 55.4 Å². The number of aryl methyl sites for hydroxylation is 8. The average Bonchev–Trinajstić information content (AvgIpc) is 0.822. The highest BCUT2D eigenvalue weighted by Crippen LogP contribution is 2.36. The number of aromatic nitrogens is 8. The van der Waals surface area contributed by atoms with Crippen molar-refractivity contribution in [1.82, 2.24) is 39.9 Å². The summed E-state index contributed by atoms with van der Waals surface area (Å²) in [7, 11) is 0. The molecule has 0 amide bonds. The van der Waals surface area contributed by atoms with Crippen LogP contribution >= 0.6 is 27.5 Å². The van der Waals surface area contributed by atoms with Gasteiger partial charge in [-0.05, 0) is 291 Å². The van der Waals surface area contributed by atoms with Crippen LogP contribution in [0.5, 0.6) is 40.6 Å². The van der Waals surface area contributed by atoms with E-state index in [-0.39, 0.29) is 5.75 Å². The van der Waals surface area contributed by atoms with Gasteiger partial charge < -0.3 is 40.6 Å². The number of hydrogen-bond donors (Lipinski definition) is 5. The molecule has 0 aliphatic heterocycles. The lowest BCUT2D eigenvalue weighted by molar-refractivity contribution is 0.111. The number of ether oxygens (including phenoxy) is 3. The lowest BCUT2D eigenvalue weighted by Crippen LogP contribution is -2.01. The zero-order chi connectivity index (χ0) is 79.1. The largest absolute Gasteiger partial charge is 0.507 e. The topological polar surface area (TPSA) is 376 Å². The fourth-order valence-electron chi connectivity index (χ4n) is 10.2. The minimum Gasteiger partial charge on any atom is -0.507 e. The van der Waals surface area contributed by atoms with Gasteiger partial charge in [0.05, 0.1) is 69.3 Å². The number of nitrogens with zero attached hydrogens (tertiary/aromatic N) is 14. The fourth-order valence-corrected chi connectivity index (χ4v) is 10.6. The molecule has 5 N–H and O–H groups in total. The number of phenolic OH excluding ortho intramolecular Hbond substituents is 1. The Morgan fingerprint density at radius 3 is 1.01 bits per heavy atom. The Morgan fingerprint density at radius 1 is 0.391 bits per heavy atom. The summed E-state index contributed by atoms with van der Waals surface area (Å²) in [5, 5.41) is 74.6. The molecule has 110 heavy (non-hydrogen) atoms. The molecule has 0 bridgehead atoms. The molecule has 12 aromatic rings. The second kappa shape index (κ2) is 40.3. The maximum atomic E-state index is 11.0. The highest BCUT2D eigenvalue weighted by molar-refractivity contribution is 9.10. The number of nitrogens with one attached hydrogen (secondary N) is 4. The van der Waals surface area contributed by atoms with Crippen molar-refractivity contribution in [2.24, 2.45) is 0 Å². The normalized spacial score (nSPS) is 10.1. The first-order valence-corrected chi connectivity index (χ1v) is 34.2. The van der Waals surface area contributed by atoms with Crippen molar-refractivity contribution in [3.63, 3.8) is 0 Å². The van der Waals surface area contributed by atoms with Crippen LogP contribution in [-0.2, 0) is 0 Å². The summed E-state index contributed by atoms with van der Waals surface area (Å²) in [6.07, 6.45) is 14.4. The number of hydrogen-bond acceptors (Lipinski definition) is 24. The van der Waals surface area contributed by atoms with Crippen molar-refractivity contribution in [3.8, 4) is 77.1 Å². The number of aromatic hydroxyl groups is 1. The van der Waals surface area contributed by atoms with Crippen LogP contribution in [0.3, 0.4) is 0 Å². The maximum Gasteiger partial charge on any atom is 0.238 e. The van der Waals surface area contributed by atoms with Crippen LogP contribution < -0.4 is 35.5 Å². The predicted molar refractivity (Wildman–Crippen MR) is 424 cm³/mol. The van der Waals surface area contributed by atoms with E-state index in [2.05, 4.69) is 95.3 Å². The zero-order valence-electron chi connectivity index (χ0n) is 60.4. The number of rotatable bonds is 18. The fraction of sp³-hybridized carbons (Fsp3) is 0.0952. The standard InChI is InChI=1S/C22H16BrN5O.C22H17N5O.C20H16N4O2.C11H7ClN4.C9H10O2/c1-14-10-17(4-3-9-24)11-15(2)20(14)29-21-19(23)13-26-22(28-21)27-18-7-5-16(12-25)6-8-18;1-15-12-18(4-3-10-23)13-16(2)21(15)28-20-9-11-25-22(27-20)26-19-7-5-17(14-24)6-8-19;1-13-9-16(12-25)10-14(2)19(13)26-18-7-8-22-20(24-18)23-17-5-3-15(11-21)4-6-17;12-10-5-6-14-11(16-10)15-9-3-1-8(7-13)2-4-9;1-6-3-8(5-10)4-7(2)9(6)11/h3-8,10-11,13H,1-2H3,(H,26,27,28);3-9,11-13H,1-2H3,(H,25,26,27);3-10,12H,1-2H3,(H,22,23,24);1-6H,(H,14,15,16);3-5,11H,1-2H3/b2*4-3+;;;. The van der Waals surface area contributed by atoms with Gasteiger partial charge in [-0.2, -0.15) is 46.5 Å². The molecule has 542 valence electrons. The van der Waals surface area contributed by atoms with E-state index in [0.717, 1.165) is 96.7 Å². The number of phenols is 1. The van der Waals surface area contributed by atoms with Gasteiger partial charge in [-0.25, -0.2) is 24.9 Å². The first kappa shape index (κ1) is 80.7. The minimum absolute atomic E-state index is 0.274. The van der Waals surface area contributed by atoms with Gasteiger partial charge in [-0.1, -0.05) is 11.6 Å². The summed E-state index contributed by atoms with van der Waals surface area (Å²) in [5.41, 5.74) is 15.5. The summed E-state index contributed by atoms with van der Waals surface area (Å²) >= 11 is 9.15. The smallest absolute Gasteiger partial charge is 0.238 e. The third-order valence-electron chi connectivity index (χ3n) is 15.2. The van der Waals surface area contributed by atoms with Crippen LogP contribution in [0.15, 0.2) is 205 Å². The van der Waals surface area contributed by atoms with E-state index < -0.39 is 0 Å². The first-order valence-electron chi connectivity index (χ1n) is 33.1. The monoisotopic (exact) mass is 1540 g/mol. The number of anilines is 8. The van der Waals surface area contributed by atoms with Gasteiger partial charge in [0.25, 0.3) is 0 Å². The Bertz CT molecular complexity index is 5530. The number of carbonyl (C=O) groups is 2. The van der Waals surface area contributed by atoms with Crippen molar-refractivity contribution < 1.29 is 28.9 Å². The Morgan fingerprint density at radius 2 is 0.691 bits per heavy atom. The van der Waals surface area contributed by atoms with Gasteiger partial charge in [0, 0.05) is 76.8 Å². The third kappa shape index (κ3) is 24.3. The maximum absolute atomic E-state index is 11.0. The zero-order valence-corrected chi connectivity index (χ0v) is 62.7. The molecule has 24 nitrogen and oxygen atoms in total. The molecule has 8 aromatic carbocycles. The highest BCUT2D eigenvalue weighted by Gasteiger charge is 2.16. The van der Waals surface area contributed by atoms with Gasteiger partial charge in [-0.15, -0.1) is 0 Å². The van der Waals surface area contributed by atoms with E-state index in [0.29, 0.717) is 95.9 Å². The van der Waals surface area contributed by atoms with Crippen LogP contribution in [0.1, 0.15) is 98.6 Å². The van der Waals surface area contributed by atoms with Gasteiger partial charge in [-0.3, -0.25) is 9.59 Å². The molecule has 0 aliphatic rings. The van der Waals surface area contributed by atoms with Crippen LogP contribution in [0.4, 0.5) is 46.5 Å². The second-order valence-corrected chi connectivity index (χ2v) is 24.9. The van der Waals surface area contributed by atoms with Gasteiger partial charge in [0.1, 0.15) is 40.7 Å². The van der Waals surface area contributed by atoms with Gasteiger partial charge >= 0.3 is 0 Å². The Balaban J connectivity index is 0.000000179. The SMILES string of the molecule is Cc1cc(/C=C/C#N)cc(C)c1Oc1ccnc(Nc2ccc(C#N)cc2)n1.Cc1cc(/C=C/C#N)cc(C)c1Oc1nc(Nc2ccc(C#N)cc2)ncc1Br.Cc1cc(C=O)cc(C)c1O.Cc1cc(C=O)cc(C)c1Oc1ccnc(Nc2ccc(C#N)cc2)n1.N#Cc1ccc(Nc2nccc(Cl)n2)cc1. The van der Waals surface area contributed by atoms with E-state index in [9.17, 15) is 14.7 Å². The Hall–Kier alpha value is -15.0. The lowest BCUT2D eigenvalue weighted by Gasteiger charge is -2.14. The molecule has 0 saturated heterocycles. The van der Waals surface area contributed by atoms with Crippen molar-refractivity contribution >= 4 is 98.8 Å². The quantitative estimate of drug-likeness (QED) is 0.0302. The first-order chi connectivity index (χ1) is 53.1. The lowest BCUT2D eigenvalue weighted by atomic mass is 10.1. The van der Waals surface area contributed by atoms with E-state index in [4.69, 9.17) is 57.4 Å². The second-order valence-electron chi connectivity index (χ2n) is 23.7. The van der Waals surface area contributed by atoms with Crippen molar-refractivity contribution in [1.29, 1.82) is 31.6 Å². The third-order valence-corrected chi connectivity index (χ3v) is 16.0. The van der Waals surface area contributed by atoms with Crippen LogP contribution in [-0.4, -0.2) is 57.6 Å². The minimum atomic E-state index is 0.274. The number of nitriles is 6. The number of allylic oxidation sites excluding steroid dienone is 2. The van der Waals surface area contributed by atoms with E-state index in [1.807, 2.05) is 84.0 Å². The molecule has 0 fully saturated rings. The summed E-state index contributed by atoms with van der Waals surface area (Å²) in [6, 6.07) is 59.9. The van der Waals surface area contributed by atoms with E-state index in [1.165, 1.54) is 12.2 Å². The molecule has 0 aliphatic carbocycles. The molecule has 0 saturated carbocycles. The van der Waals surface area contributed by atoms with Crippen LogP contribution in [0.2, 0.25) is 5.15 Å². The Labute approximate surface area is 648 Å².